The SMILES string of the molecule is C=C/C=C\C=C\N(/C(C)=C/C1=C(C)c2ccccc2C1(c1ccccc1)c1ccccc1)c1ccc(/C=C/c2c(C=C)ccc3ccccc23)cc1. The van der Waals surface area contributed by atoms with E-state index < -0.39 is 5.41 Å². The molecule has 0 N–H and O–H groups in total. The van der Waals surface area contributed by atoms with Crippen LogP contribution in [0.1, 0.15) is 52.8 Å². The molecule has 6 aromatic rings. The average Bonchev–Trinajstić information content (AvgIpc) is 3.45. The summed E-state index contributed by atoms with van der Waals surface area (Å²) in [6.45, 7) is 12.4. The molecule has 0 atom stereocenters. The minimum atomic E-state index is -0.469. The highest BCUT2D eigenvalue weighted by Crippen LogP contribution is 2.55. The highest BCUT2D eigenvalue weighted by molar-refractivity contribution is 5.96. The molecule has 1 heteroatoms. The van der Waals surface area contributed by atoms with Gasteiger partial charge in [0.1, 0.15) is 0 Å². The van der Waals surface area contributed by atoms with E-state index in [0.29, 0.717) is 0 Å². The molecule has 0 fully saturated rings. The second kappa shape index (κ2) is 15.2. The molecule has 0 unspecified atom stereocenters. The molecular formula is C51H43N. The normalized spacial score (nSPS) is 14.1. The summed E-state index contributed by atoms with van der Waals surface area (Å²) in [5.41, 5.74) is 12.8. The fourth-order valence-electron chi connectivity index (χ4n) is 7.66. The van der Waals surface area contributed by atoms with Crippen molar-refractivity contribution in [3.8, 4) is 0 Å². The molecule has 6 aromatic carbocycles. The van der Waals surface area contributed by atoms with Gasteiger partial charge in [0.25, 0.3) is 0 Å². The van der Waals surface area contributed by atoms with Crippen LogP contribution in [0.15, 0.2) is 207 Å². The Balaban J connectivity index is 1.32. The van der Waals surface area contributed by atoms with Crippen LogP contribution in [0, 0.1) is 0 Å². The van der Waals surface area contributed by atoms with Crippen molar-refractivity contribution in [3.05, 3.63) is 246 Å². The summed E-state index contributed by atoms with van der Waals surface area (Å²) in [6, 6.07) is 52.3. The Morgan fingerprint density at radius 2 is 1.29 bits per heavy atom. The molecule has 1 aliphatic carbocycles. The molecule has 52 heavy (non-hydrogen) atoms. The molecule has 0 radical (unpaired) electrons. The van der Waals surface area contributed by atoms with Gasteiger partial charge in [-0.05, 0) is 99.0 Å². The van der Waals surface area contributed by atoms with E-state index >= 15 is 0 Å². The number of fused-ring (bicyclic) bond motifs is 2. The Morgan fingerprint density at radius 1 is 0.635 bits per heavy atom. The molecule has 7 rings (SSSR count). The third-order valence-corrected chi connectivity index (χ3v) is 10.1. The first-order chi connectivity index (χ1) is 25.6. The van der Waals surface area contributed by atoms with Crippen molar-refractivity contribution in [2.45, 2.75) is 19.3 Å². The van der Waals surface area contributed by atoms with Gasteiger partial charge in [-0.3, -0.25) is 0 Å². The lowest BCUT2D eigenvalue weighted by atomic mass is 9.66. The standard InChI is InChI=1S/C51H43N/c1-5-7-8-19-36-52(45-33-28-40(29-34-45)30-35-48-41(6-2)31-32-42-20-15-16-26-47(42)48)38(3)37-50-39(4)46-25-17-18-27-49(46)51(50,43-21-11-9-12-22-43)44-23-13-10-14-24-44/h5-37H,1-2H2,3-4H3/b8-7-,35-30+,36-19+,38-37+. The van der Waals surface area contributed by atoms with Crippen LogP contribution in [0.3, 0.4) is 0 Å². The number of nitrogens with zero attached hydrogens (tertiary/aromatic N) is 1. The first kappa shape index (κ1) is 34.0. The predicted molar refractivity (Wildman–Crippen MR) is 226 cm³/mol. The Morgan fingerprint density at radius 3 is 1.98 bits per heavy atom. The van der Waals surface area contributed by atoms with Crippen LogP contribution in [0.4, 0.5) is 5.69 Å². The Hall–Kier alpha value is -6.44. The van der Waals surface area contributed by atoms with Gasteiger partial charge in [-0.1, -0.05) is 183 Å². The van der Waals surface area contributed by atoms with E-state index in [9.17, 15) is 0 Å². The number of hydrogen-bond acceptors (Lipinski definition) is 1. The molecule has 1 nitrogen and oxygen atoms in total. The van der Waals surface area contributed by atoms with Crippen molar-refractivity contribution < 1.29 is 0 Å². The van der Waals surface area contributed by atoms with E-state index in [0.717, 1.165) is 22.5 Å². The molecular weight excluding hydrogens is 627 g/mol. The quantitative estimate of drug-likeness (QED) is 0.0980. The maximum absolute atomic E-state index is 4.07. The Bertz CT molecular complexity index is 2340. The van der Waals surface area contributed by atoms with E-state index in [1.54, 1.807) is 6.08 Å². The zero-order valence-electron chi connectivity index (χ0n) is 29.9. The van der Waals surface area contributed by atoms with Crippen molar-refractivity contribution >= 4 is 40.3 Å². The number of hydrogen-bond donors (Lipinski definition) is 0. The third kappa shape index (κ3) is 6.34. The van der Waals surface area contributed by atoms with Crippen molar-refractivity contribution in [3.63, 3.8) is 0 Å². The van der Waals surface area contributed by atoms with Gasteiger partial charge in [0, 0.05) is 17.6 Å². The lowest BCUT2D eigenvalue weighted by Crippen LogP contribution is -2.30. The summed E-state index contributed by atoms with van der Waals surface area (Å²) < 4.78 is 0. The smallest absolute Gasteiger partial charge is 0.0710 e. The third-order valence-electron chi connectivity index (χ3n) is 10.1. The van der Waals surface area contributed by atoms with Gasteiger partial charge in [-0.25, -0.2) is 0 Å². The second-order valence-corrected chi connectivity index (χ2v) is 13.1. The van der Waals surface area contributed by atoms with Gasteiger partial charge < -0.3 is 4.90 Å². The molecule has 0 saturated heterocycles. The van der Waals surface area contributed by atoms with E-state index in [1.807, 2.05) is 18.2 Å². The summed E-state index contributed by atoms with van der Waals surface area (Å²) in [6.07, 6.45) is 18.7. The van der Waals surface area contributed by atoms with Gasteiger partial charge in [0.05, 0.1) is 5.41 Å². The molecule has 0 heterocycles. The first-order valence-electron chi connectivity index (χ1n) is 17.8. The Labute approximate surface area is 308 Å². The molecule has 0 aromatic heterocycles. The number of benzene rings is 6. The maximum Gasteiger partial charge on any atom is 0.0710 e. The van der Waals surface area contributed by atoms with Crippen molar-refractivity contribution in [2.75, 3.05) is 4.90 Å². The van der Waals surface area contributed by atoms with Crippen molar-refractivity contribution in [1.29, 1.82) is 0 Å². The van der Waals surface area contributed by atoms with E-state index in [-0.39, 0.29) is 0 Å². The van der Waals surface area contributed by atoms with Gasteiger partial charge >= 0.3 is 0 Å². The van der Waals surface area contributed by atoms with E-state index in [2.05, 4.69) is 208 Å². The average molecular weight is 670 g/mol. The van der Waals surface area contributed by atoms with Crippen molar-refractivity contribution in [2.24, 2.45) is 0 Å². The van der Waals surface area contributed by atoms with Crippen LogP contribution in [0.2, 0.25) is 0 Å². The van der Waals surface area contributed by atoms with Crippen molar-refractivity contribution in [1.82, 2.24) is 0 Å². The zero-order chi connectivity index (χ0) is 35.9. The maximum atomic E-state index is 4.07. The predicted octanol–water partition coefficient (Wildman–Crippen LogP) is 13.4. The highest BCUT2D eigenvalue weighted by Gasteiger charge is 2.45. The molecule has 1 aliphatic rings. The minimum absolute atomic E-state index is 0.469. The van der Waals surface area contributed by atoms with E-state index in [1.165, 1.54) is 49.7 Å². The molecule has 0 aliphatic heterocycles. The molecule has 0 amide bonds. The summed E-state index contributed by atoms with van der Waals surface area (Å²) in [5, 5.41) is 2.44. The molecule has 252 valence electrons. The summed E-state index contributed by atoms with van der Waals surface area (Å²) >= 11 is 0. The number of allylic oxidation sites excluding steroid dienone is 8. The summed E-state index contributed by atoms with van der Waals surface area (Å²) in [7, 11) is 0. The van der Waals surface area contributed by atoms with Crippen LogP contribution in [0.25, 0.3) is 34.6 Å². The summed E-state index contributed by atoms with van der Waals surface area (Å²) in [4.78, 5) is 2.27. The largest absolute Gasteiger partial charge is 0.321 e. The Kier molecular flexibility index (Phi) is 9.95. The molecule has 0 spiro atoms. The lowest BCUT2D eigenvalue weighted by Gasteiger charge is -2.35. The van der Waals surface area contributed by atoms with E-state index in [4.69, 9.17) is 0 Å². The first-order valence-corrected chi connectivity index (χ1v) is 17.8. The fourth-order valence-corrected chi connectivity index (χ4v) is 7.66. The topological polar surface area (TPSA) is 3.24 Å². The van der Waals surface area contributed by atoms with Crippen LogP contribution >= 0.6 is 0 Å². The fraction of sp³-hybridized carbons (Fsp3) is 0.0588. The number of anilines is 1. The molecule has 0 saturated carbocycles. The van der Waals surface area contributed by atoms with Crippen LogP contribution < -0.4 is 4.90 Å². The zero-order valence-corrected chi connectivity index (χ0v) is 29.9. The van der Waals surface area contributed by atoms with Crippen LogP contribution in [-0.2, 0) is 5.41 Å². The number of rotatable bonds is 11. The van der Waals surface area contributed by atoms with Gasteiger partial charge in [-0.15, -0.1) is 0 Å². The van der Waals surface area contributed by atoms with Gasteiger partial charge in [0.2, 0.25) is 0 Å². The monoisotopic (exact) mass is 669 g/mol. The van der Waals surface area contributed by atoms with Gasteiger partial charge in [-0.2, -0.15) is 0 Å². The second-order valence-electron chi connectivity index (χ2n) is 13.1. The molecule has 0 bridgehead atoms. The van der Waals surface area contributed by atoms with Crippen LogP contribution in [0.5, 0.6) is 0 Å². The minimum Gasteiger partial charge on any atom is -0.321 e. The van der Waals surface area contributed by atoms with Gasteiger partial charge in [0.15, 0.2) is 0 Å². The highest BCUT2D eigenvalue weighted by atomic mass is 15.1. The summed E-state index contributed by atoms with van der Waals surface area (Å²) in [5.74, 6) is 0. The van der Waals surface area contributed by atoms with Crippen LogP contribution in [-0.4, -0.2) is 0 Å². The lowest BCUT2D eigenvalue weighted by molar-refractivity contribution is 0.759.